The van der Waals surface area contributed by atoms with E-state index in [1.165, 1.54) is 0 Å². The highest BCUT2D eigenvalue weighted by Gasteiger charge is 2.17. The average molecular weight is 235 g/mol. The van der Waals surface area contributed by atoms with E-state index >= 15 is 0 Å². The number of ether oxygens (including phenoxy) is 2. The van der Waals surface area contributed by atoms with Gasteiger partial charge in [-0.3, -0.25) is 0 Å². The predicted octanol–water partition coefficient (Wildman–Crippen LogP) is 2.55. The molecule has 0 saturated carbocycles. The molecule has 0 atom stereocenters. The molecule has 1 fully saturated rings. The summed E-state index contributed by atoms with van der Waals surface area (Å²) in [5.74, 6) is 1.53. The fraction of sp³-hybridized carbons (Fsp3) is 0.462. The van der Waals surface area contributed by atoms with Gasteiger partial charge in [-0.25, -0.2) is 0 Å². The van der Waals surface area contributed by atoms with Crippen LogP contribution in [0.1, 0.15) is 18.4 Å². The average Bonchev–Trinajstić information content (AvgIpc) is 2.36. The van der Waals surface area contributed by atoms with E-state index in [2.05, 4.69) is 11.9 Å². The van der Waals surface area contributed by atoms with Crippen molar-refractivity contribution in [1.29, 1.82) is 0 Å². The van der Waals surface area contributed by atoms with Crippen molar-refractivity contribution in [3.05, 3.63) is 23.8 Å². The van der Waals surface area contributed by atoms with Gasteiger partial charge in [0.15, 0.2) is 5.75 Å². The number of hydrogen-bond acceptors (Lipinski definition) is 4. The number of hydrogen-bond donors (Lipinski definition) is 0. The van der Waals surface area contributed by atoms with Crippen molar-refractivity contribution < 1.29 is 14.3 Å². The fourth-order valence-corrected chi connectivity index (χ4v) is 1.86. The molecule has 0 aromatic heterocycles. The molecule has 0 aliphatic carbocycles. The molecule has 0 radical (unpaired) electrons. The minimum absolute atomic E-state index is 0.231. The van der Waals surface area contributed by atoms with Crippen molar-refractivity contribution in [1.82, 2.24) is 0 Å². The lowest BCUT2D eigenvalue weighted by atomic mass is 10.1. The Morgan fingerprint density at radius 2 is 2.00 bits per heavy atom. The van der Waals surface area contributed by atoms with Gasteiger partial charge in [-0.15, -0.1) is 0 Å². The number of oxime groups is 1. The zero-order valence-corrected chi connectivity index (χ0v) is 10.0. The maximum Gasteiger partial charge on any atom is 0.164 e. The van der Waals surface area contributed by atoms with Crippen molar-refractivity contribution in [3.8, 4) is 11.5 Å². The second-order valence-electron chi connectivity index (χ2n) is 4.03. The van der Waals surface area contributed by atoms with E-state index in [1.807, 2.05) is 25.1 Å². The van der Waals surface area contributed by atoms with Crippen LogP contribution in [0.2, 0.25) is 0 Å². The van der Waals surface area contributed by atoms with Crippen molar-refractivity contribution in [3.63, 3.8) is 0 Å². The molecule has 1 aliphatic rings. The molecule has 17 heavy (non-hydrogen) atoms. The van der Waals surface area contributed by atoms with Gasteiger partial charge in [0.2, 0.25) is 0 Å². The highest BCUT2D eigenvalue weighted by molar-refractivity contribution is 5.43. The van der Waals surface area contributed by atoms with E-state index in [9.17, 15) is 0 Å². The fourth-order valence-electron chi connectivity index (χ4n) is 1.86. The first-order valence-electron chi connectivity index (χ1n) is 5.78. The van der Waals surface area contributed by atoms with Crippen molar-refractivity contribution >= 4 is 6.72 Å². The standard InChI is InChI=1S/C13H17NO3/c1-10-12(4-3-5-13(10)17-14-2)16-11-6-8-15-9-7-11/h3-5,11H,2,6-9H2,1H3. The number of rotatable bonds is 4. The Morgan fingerprint density at radius 1 is 1.29 bits per heavy atom. The van der Waals surface area contributed by atoms with Gasteiger partial charge < -0.3 is 14.3 Å². The lowest BCUT2D eigenvalue weighted by Crippen LogP contribution is -2.26. The first-order chi connectivity index (χ1) is 8.31. The van der Waals surface area contributed by atoms with E-state index in [4.69, 9.17) is 14.3 Å². The Labute approximate surface area is 101 Å². The molecule has 4 heteroatoms. The summed E-state index contributed by atoms with van der Waals surface area (Å²) in [4.78, 5) is 5.08. The Morgan fingerprint density at radius 3 is 2.71 bits per heavy atom. The van der Waals surface area contributed by atoms with Gasteiger partial charge in [-0.1, -0.05) is 11.2 Å². The van der Waals surface area contributed by atoms with Crippen LogP contribution in [0.3, 0.4) is 0 Å². The maximum atomic E-state index is 5.95. The summed E-state index contributed by atoms with van der Waals surface area (Å²) in [6.07, 6.45) is 2.10. The molecule has 0 bridgehead atoms. The highest BCUT2D eigenvalue weighted by atomic mass is 16.6. The van der Waals surface area contributed by atoms with Gasteiger partial charge >= 0.3 is 0 Å². The Kier molecular flexibility index (Phi) is 3.98. The van der Waals surface area contributed by atoms with Crippen molar-refractivity contribution in [2.24, 2.45) is 5.16 Å². The van der Waals surface area contributed by atoms with Crippen LogP contribution in [0.15, 0.2) is 23.4 Å². The summed E-state index contributed by atoms with van der Waals surface area (Å²) >= 11 is 0. The summed E-state index contributed by atoms with van der Waals surface area (Å²) in [7, 11) is 0. The molecular formula is C13H17NO3. The summed E-state index contributed by atoms with van der Waals surface area (Å²) in [6, 6.07) is 5.68. The lowest BCUT2D eigenvalue weighted by Gasteiger charge is -2.24. The minimum Gasteiger partial charge on any atom is -0.490 e. The summed E-state index contributed by atoms with van der Waals surface area (Å²) < 4.78 is 11.3. The van der Waals surface area contributed by atoms with Crippen LogP contribution in [0, 0.1) is 6.92 Å². The molecule has 0 amide bonds. The molecule has 1 saturated heterocycles. The molecular weight excluding hydrogens is 218 g/mol. The van der Waals surface area contributed by atoms with Gasteiger partial charge in [0.25, 0.3) is 0 Å². The van der Waals surface area contributed by atoms with E-state index in [1.54, 1.807) is 0 Å². The highest BCUT2D eigenvalue weighted by Crippen LogP contribution is 2.29. The first-order valence-corrected chi connectivity index (χ1v) is 5.78. The molecule has 92 valence electrons. The summed E-state index contributed by atoms with van der Waals surface area (Å²) in [5.41, 5.74) is 0.950. The normalized spacial score (nSPS) is 16.5. The van der Waals surface area contributed by atoms with Crippen LogP contribution in [0.5, 0.6) is 11.5 Å². The van der Waals surface area contributed by atoms with E-state index in [0.717, 1.165) is 37.4 Å². The summed E-state index contributed by atoms with van der Waals surface area (Å²) in [6.45, 7) is 6.81. The van der Waals surface area contributed by atoms with E-state index < -0.39 is 0 Å². The quantitative estimate of drug-likeness (QED) is 0.594. The van der Waals surface area contributed by atoms with Crippen molar-refractivity contribution in [2.45, 2.75) is 25.9 Å². The minimum atomic E-state index is 0.231. The van der Waals surface area contributed by atoms with Crippen LogP contribution in [0.4, 0.5) is 0 Å². The smallest absolute Gasteiger partial charge is 0.164 e. The van der Waals surface area contributed by atoms with Crippen molar-refractivity contribution in [2.75, 3.05) is 13.2 Å². The number of benzene rings is 1. The molecule has 0 spiro atoms. The second kappa shape index (κ2) is 5.68. The van der Waals surface area contributed by atoms with Crippen LogP contribution in [-0.2, 0) is 4.74 Å². The zero-order valence-electron chi connectivity index (χ0n) is 10.0. The lowest BCUT2D eigenvalue weighted by molar-refractivity contribution is 0.0252. The van der Waals surface area contributed by atoms with Gasteiger partial charge in [-0.05, 0) is 19.1 Å². The molecule has 2 rings (SSSR count). The van der Waals surface area contributed by atoms with E-state index in [0.29, 0.717) is 5.75 Å². The SMILES string of the molecule is C=NOc1cccc(OC2CCOCC2)c1C. The van der Waals surface area contributed by atoms with Gasteiger partial charge in [0, 0.05) is 25.1 Å². The Bertz CT molecular complexity index is 386. The monoisotopic (exact) mass is 235 g/mol. The Hall–Kier alpha value is -1.55. The predicted molar refractivity (Wildman–Crippen MR) is 65.8 cm³/mol. The molecule has 1 aliphatic heterocycles. The van der Waals surface area contributed by atoms with Crippen LogP contribution < -0.4 is 9.57 Å². The number of nitrogens with zero attached hydrogens (tertiary/aromatic N) is 1. The van der Waals surface area contributed by atoms with Gasteiger partial charge in [-0.2, -0.15) is 0 Å². The zero-order chi connectivity index (χ0) is 12.1. The molecule has 4 nitrogen and oxygen atoms in total. The largest absolute Gasteiger partial charge is 0.490 e. The third kappa shape index (κ3) is 2.97. The summed E-state index contributed by atoms with van der Waals surface area (Å²) in [5, 5.41) is 3.43. The second-order valence-corrected chi connectivity index (χ2v) is 4.03. The first kappa shape index (κ1) is 11.9. The Balaban J connectivity index is 2.09. The topological polar surface area (TPSA) is 40.0 Å². The van der Waals surface area contributed by atoms with Crippen LogP contribution in [-0.4, -0.2) is 26.0 Å². The molecule has 0 N–H and O–H groups in total. The van der Waals surface area contributed by atoms with Gasteiger partial charge in [0.05, 0.1) is 13.2 Å². The van der Waals surface area contributed by atoms with Crippen LogP contribution >= 0.6 is 0 Å². The van der Waals surface area contributed by atoms with Gasteiger partial charge in [0.1, 0.15) is 11.9 Å². The molecule has 1 aromatic rings. The third-order valence-electron chi connectivity index (χ3n) is 2.86. The van der Waals surface area contributed by atoms with E-state index in [-0.39, 0.29) is 6.10 Å². The maximum absolute atomic E-state index is 5.95. The molecule has 0 unspecified atom stereocenters. The molecule has 1 heterocycles. The third-order valence-corrected chi connectivity index (χ3v) is 2.86. The molecule has 1 aromatic carbocycles. The van der Waals surface area contributed by atoms with Crippen LogP contribution in [0.25, 0.3) is 0 Å².